The molecule has 0 bridgehead atoms. The summed E-state index contributed by atoms with van der Waals surface area (Å²) >= 11 is 1.72. The summed E-state index contributed by atoms with van der Waals surface area (Å²) in [4.78, 5) is 13.6. The van der Waals surface area contributed by atoms with Crippen LogP contribution in [0.2, 0.25) is 0 Å². The first-order chi connectivity index (χ1) is 10.8. The number of benzene rings is 1. The highest BCUT2D eigenvalue weighted by molar-refractivity contribution is 7.98. The van der Waals surface area contributed by atoms with Gasteiger partial charge in [-0.3, -0.25) is 4.79 Å². The summed E-state index contributed by atoms with van der Waals surface area (Å²) in [5.74, 6) is 1.14. The zero-order valence-corrected chi connectivity index (χ0v) is 13.4. The van der Waals surface area contributed by atoms with Crippen LogP contribution in [-0.2, 0) is 5.75 Å². The fraction of sp³-hybridized carbons (Fsp3) is 0.389. The smallest absolute Gasteiger partial charge is 0.287 e. The number of rotatable bonds is 5. The van der Waals surface area contributed by atoms with Gasteiger partial charge in [-0.2, -0.15) is 0 Å². The number of hydrogen-bond acceptors (Lipinski definition) is 3. The van der Waals surface area contributed by atoms with E-state index in [1.165, 1.54) is 24.2 Å². The molecule has 1 amide bonds. The van der Waals surface area contributed by atoms with Crippen molar-refractivity contribution in [3.63, 3.8) is 0 Å². The molecule has 1 heterocycles. The predicted molar refractivity (Wildman–Crippen MR) is 89.1 cm³/mol. The Balaban J connectivity index is 1.60. The summed E-state index contributed by atoms with van der Waals surface area (Å²) < 4.78 is 5.43. The normalized spacial score (nSPS) is 15.6. The molecule has 1 N–H and O–H groups in total. The van der Waals surface area contributed by atoms with E-state index in [0.29, 0.717) is 11.8 Å². The van der Waals surface area contributed by atoms with Crippen molar-refractivity contribution in [3.8, 4) is 0 Å². The summed E-state index contributed by atoms with van der Waals surface area (Å²) in [6.07, 6.45) is 7.48. The zero-order chi connectivity index (χ0) is 15.2. The average molecular weight is 315 g/mol. The highest BCUT2D eigenvalue weighted by atomic mass is 32.2. The van der Waals surface area contributed by atoms with Crippen LogP contribution in [0.5, 0.6) is 0 Å². The lowest BCUT2D eigenvalue weighted by molar-refractivity contribution is 0.0898. The van der Waals surface area contributed by atoms with Gasteiger partial charge in [0.1, 0.15) is 0 Å². The van der Waals surface area contributed by atoms with E-state index < -0.39 is 0 Å². The molecule has 0 atom stereocenters. The fourth-order valence-corrected chi connectivity index (χ4v) is 3.72. The van der Waals surface area contributed by atoms with Crippen molar-refractivity contribution >= 4 is 17.7 Å². The molecule has 1 aromatic heterocycles. The lowest BCUT2D eigenvalue weighted by Gasteiger charge is -2.22. The summed E-state index contributed by atoms with van der Waals surface area (Å²) in [7, 11) is 0. The molecule has 0 spiro atoms. The van der Waals surface area contributed by atoms with E-state index in [1.807, 2.05) is 24.3 Å². The minimum Gasteiger partial charge on any atom is -0.459 e. The zero-order valence-electron chi connectivity index (χ0n) is 12.6. The van der Waals surface area contributed by atoms with Crippen molar-refractivity contribution in [2.24, 2.45) is 0 Å². The number of carbonyl (C=O) groups is 1. The van der Waals surface area contributed by atoms with Crippen LogP contribution < -0.4 is 5.32 Å². The maximum atomic E-state index is 12.4. The Morgan fingerprint density at radius 3 is 2.68 bits per heavy atom. The highest BCUT2D eigenvalue weighted by Gasteiger charge is 2.20. The first-order valence-corrected chi connectivity index (χ1v) is 8.86. The maximum Gasteiger partial charge on any atom is 0.287 e. The van der Waals surface area contributed by atoms with Crippen molar-refractivity contribution in [3.05, 3.63) is 54.0 Å². The maximum absolute atomic E-state index is 12.4. The average Bonchev–Trinajstić information content (AvgIpc) is 3.03. The topological polar surface area (TPSA) is 42.2 Å². The molecule has 2 aromatic rings. The Morgan fingerprint density at radius 1 is 1.14 bits per heavy atom. The molecule has 0 aliphatic heterocycles. The van der Waals surface area contributed by atoms with Gasteiger partial charge in [-0.05, 0) is 31.0 Å². The van der Waals surface area contributed by atoms with Gasteiger partial charge in [-0.25, -0.2) is 0 Å². The fourth-order valence-electron chi connectivity index (χ4n) is 2.82. The molecule has 116 valence electrons. The molecule has 4 heteroatoms. The predicted octanol–water partition coefficient (Wildman–Crippen LogP) is 4.63. The van der Waals surface area contributed by atoms with Gasteiger partial charge in [0, 0.05) is 22.3 Å². The van der Waals surface area contributed by atoms with Gasteiger partial charge in [0.25, 0.3) is 5.91 Å². The second kappa shape index (κ2) is 7.54. The van der Waals surface area contributed by atoms with Gasteiger partial charge in [-0.1, -0.05) is 37.5 Å². The van der Waals surface area contributed by atoms with Crippen LogP contribution in [0.25, 0.3) is 0 Å². The summed E-state index contributed by atoms with van der Waals surface area (Å²) in [6.45, 7) is 0. The molecule has 1 aliphatic rings. The lowest BCUT2D eigenvalue weighted by Crippen LogP contribution is -2.36. The molecule has 1 aliphatic carbocycles. The molecule has 0 saturated heterocycles. The van der Waals surface area contributed by atoms with Crippen molar-refractivity contribution in [2.75, 3.05) is 0 Å². The Bertz CT molecular complexity index is 603. The Hall–Kier alpha value is -1.68. The summed E-state index contributed by atoms with van der Waals surface area (Å²) in [5, 5.41) is 3.12. The Labute approximate surface area is 135 Å². The Morgan fingerprint density at radius 2 is 1.91 bits per heavy atom. The van der Waals surface area contributed by atoms with Gasteiger partial charge in [0.2, 0.25) is 0 Å². The van der Waals surface area contributed by atoms with E-state index in [4.69, 9.17) is 4.42 Å². The van der Waals surface area contributed by atoms with Crippen LogP contribution in [0, 0.1) is 0 Å². The summed E-state index contributed by atoms with van der Waals surface area (Å²) in [6, 6.07) is 12.4. The van der Waals surface area contributed by atoms with Crippen LogP contribution in [0.1, 0.15) is 48.2 Å². The molecular formula is C18H21NO2S. The minimum atomic E-state index is -0.0689. The number of nitrogens with one attached hydrogen (secondary N) is 1. The molecular weight excluding hydrogens is 294 g/mol. The summed E-state index contributed by atoms with van der Waals surface area (Å²) in [5.41, 5.74) is 0.960. The van der Waals surface area contributed by atoms with Crippen LogP contribution in [0.4, 0.5) is 0 Å². The molecule has 1 aromatic carbocycles. The third kappa shape index (κ3) is 3.95. The van der Waals surface area contributed by atoms with E-state index in [1.54, 1.807) is 18.0 Å². The molecule has 22 heavy (non-hydrogen) atoms. The molecule has 1 fully saturated rings. The van der Waals surface area contributed by atoms with Gasteiger partial charge < -0.3 is 9.73 Å². The van der Waals surface area contributed by atoms with E-state index in [2.05, 4.69) is 17.4 Å². The van der Waals surface area contributed by atoms with E-state index in [-0.39, 0.29) is 5.91 Å². The number of carbonyl (C=O) groups excluding carboxylic acids is 1. The van der Waals surface area contributed by atoms with Crippen LogP contribution in [0.15, 0.2) is 52.0 Å². The van der Waals surface area contributed by atoms with Crippen LogP contribution in [0.3, 0.4) is 0 Å². The standard InChI is InChI=1S/C18H21NO2S/c20-18(19-15-7-3-1-4-8-15)17-14(11-12-21-17)13-22-16-9-5-2-6-10-16/h2,5-6,9-12,15H,1,3-4,7-8,13H2,(H,19,20). The number of furan rings is 1. The number of thioether (sulfide) groups is 1. The van der Waals surface area contributed by atoms with Crippen molar-refractivity contribution < 1.29 is 9.21 Å². The van der Waals surface area contributed by atoms with Gasteiger partial charge in [0.05, 0.1) is 6.26 Å². The van der Waals surface area contributed by atoms with Crippen molar-refractivity contribution in [1.29, 1.82) is 0 Å². The SMILES string of the molecule is O=C(NC1CCCCC1)c1occc1CSc1ccccc1. The highest BCUT2D eigenvalue weighted by Crippen LogP contribution is 2.25. The second-order valence-electron chi connectivity index (χ2n) is 5.69. The molecule has 1 saturated carbocycles. The van der Waals surface area contributed by atoms with E-state index in [0.717, 1.165) is 24.2 Å². The molecule has 3 nitrogen and oxygen atoms in total. The number of amides is 1. The van der Waals surface area contributed by atoms with E-state index in [9.17, 15) is 4.79 Å². The minimum absolute atomic E-state index is 0.0689. The number of hydrogen-bond donors (Lipinski definition) is 1. The van der Waals surface area contributed by atoms with E-state index >= 15 is 0 Å². The first kappa shape index (κ1) is 15.2. The lowest BCUT2D eigenvalue weighted by atomic mass is 9.95. The van der Waals surface area contributed by atoms with Crippen molar-refractivity contribution in [1.82, 2.24) is 5.32 Å². The molecule has 0 unspecified atom stereocenters. The van der Waals surface area contributed by atoms with Gasteiger partial charge >= 0.3 is 0 Å². The monoisotopic (exact) mass is 315 g/mol. The first-order valence-electron chi connectivity index (χ1n) is 7.88. The second-order valence-corrected chi connectivity index (χ2v) is 6.73. The Kier molecular flexibility index (Phi) is 5.22. The van der Waals surface area contributed by atoms with Gasteiger partial charge in [0.15, 0.2) is 5.76 Å². The third-order valence-corrected chi connectivity index (χ3v) is 5.09. The largest absolute Gasteiger partial charge is 0.459 e. The van der Waals surface area contributed by atoms with Crippen LogP contribution in [-0.4, -0.2) is 11.9 Å². The molecule has 3 rings (SSSR count). The molecule has 0 radical (unpaired) electrons. The van der Waals surface area contributed by atoms with Gasteiger partial charge in [-0.15, -0.1) is 11.8 Å². The third-order valence-electron chi connectivity index (χ3n) is 4.03. The van der Waals surface area contributed by atoms with Crippen LogP contribution >= 0.6 is 11.8 Å². The van der Waals surface area contributed by atoms with Crippen molar-refractivity contribution in [2.45, 2.75) is 48.8 Å². The quantitative estimate of drug-likeness (QED) is 0.818.